The standard InChI is InChI=1S/C10H12O2S.C2H6/c1-7-4-5-8(12-7)10(11)9-3-2-6-13-9;1-2/h4-5,9H,2-3,6H2,1H3;1-2H3. The van der Waals surface area contributed by atoms with Crippen LogP contribution in [0.5, 0.6) is 0 Å². The molecule has 1 aromatic rings. The Balaban J connectivity index is 0.000000531. The van der Waals surface area contributed by atoms with Gasteiger partial charge in [0.1, 0.15) is 5.76 Å². The first-order valence-corrected chi connectivity index (χ1v) is 6.54. The van der Waals surface area contributed by atoms with Crippen LogP contribution in [0.15, 0.2) is 16.5 Å². The van der Waals surface area contributed by atoms with Gasteiger partial charge in [-0.1, -0.05) is 13.8 Å². The van der Waals surface area contributed by atoms with Gasteiger partial charge in [-0.25, -0.2) is 0 Å². The Morgan fingerprint density at radius 2 is 2.20 bits per heavy atom. The summed E-state index contributed by atoms with van der Waals surface area (Å²) >= 11 is 1.75. The molecule has 1 saturated heterocycles. The zero-order chi connectivity index (χ0) is 11.3. The maximum absolute atomic E-state index is 11.7. The molecule has 1 aliphatic rings. The van der Waals surface area contributed by atoms with Gasteiger partial charge in [0.2, 0.25) is 5.78 Å². The minimum absolute atomic E-state index is 0.144. The van der Waals surface area contributed by atoms with E-state index in [0.717, 1.165) is 24.4 Å². The first-order chi connectivity index (χ1) is 7.27. The van der Waals surface area contributed by atoms with Crippen molar-refractivity contribution in [1.82, 2.24) is 0 Å². The highest BCUT2D eigenvalue weighted by atomic mass is 32.2. The zero-order valence-corrected chi connectivity index (χ0v) is 10.4. The first kappa shape index (κ1) is 12.4. The van der Waals surface area contributed by atoms with Gasteiger partial charge in [-0.2, -0.15) is 11.8 Å². The first-order valence-electron chi connectivity index (χ1n) is 5.49. The van der Waals surface area contributed by atoms with E-state index < -0.39 is 0 Å². The van der Waals surface area contributed by atoms with Crippen molar-refractivity contribution in [3.8, 4) is 0 Å². The molecule has 0 saturated carbocycles. The summed E-state index contributed by atoms with van der Waals surface area (Å²) in [6.45, 7) is 5.86. The molecule has 84 valence electrons. The number of carbonyl (C=O) groups is 1. The van der Waals surface area contributed by atoms with Crippen LogP contribution < -0.4 is 0 Å². The number of thioether (sulfide) groups is 1. The lowest BCUT2D eigenvalue weighted by Gasteiger charge is -2.03. The molecule has 1 aliphatic heterocycles. The summed E-state index contributed by atoms with van der Waals surface area (Å²) in [6, 6.07) is 3.61. The molecule has 0 radical (unpaired) electrons. The molecular formula is C12H18O2S. The number of furan rings is 1. The Labute approximate surface area is 95.4 Å². The second-order valence-corrected chi connectivity index (χ2v) is 4.59. The number of Topliss-reactive ketones (excluding diaryl/α,β-unsaturated/α-hetero) is 1. The highest BCUT2D eigenvalue weighted by molar-refractivity contribution is 8.00. The van der Waals surface area contributed by atoms with Crippen LogP contribution in [0, 0.1) is 6.92 Å². The fourth-order valence-electron chi connectivity index (χ4n) is 1.51. The number of carbonyl (C=O) groups excluding carboxylic acids is 1. The maximum atomic E-state index is 11.7. The molecule has 0 amide bonds. The lowest BCUT2D eigenvalue weighted by atomic mass is 10.1. The van der Waals surface area contributed by atoms with Crippen molar-refractivity contribution in [2.45, 2.75) is 38.9 Å². The SMILES string of the molecule is CC.Cc1ccc(C(=O)C2CCCS2)o1. The van der Waals surface area contributed by atoms with Crippen LogP contribution >= 0.6 is 11.8 Å². The number of aryl methyl sites for hydroxylation is 1. The van der Waals surface area contributed by atoms with Crippen molar-refractivity contribution in [1.29, 1.82) is 0 Å². The third kappa shape index (κ3) is 3.13. The molecule has 0 spiro atoms. The number of rotatable bonds is 2. The van der Waals surface area contributed by atoms with E-state index in [2.05, 4.69) is 0 Å². The van der Waals surface area contributed by atoms with Crippen LogP contribution in [0.4, 0.5) is 0 Å². The molecule has 1 unspecified atom stereocenters. The Morgan fingerprint density at radius 3 is 2.67 bits per heavy atom. The summed E-state index contributed by atoms with van der Waals surface area (Å²) in [6.07, 6.45) is 2.16. The minimum atomic E-state index is 0.144. The van der Waals surface area contributed by atoms with Crippen molar-refractivity contribution in [2.75, 3.05) is 5.75 Å². The molecule has 2 nitrogen and oxygen atoms in total. The van der Waals surface area contributed by atoms with Crippen LogP contribution in [0.25, 0.3) is 0 Å². The van der Waals surface area contributed by atoms with E-state index in [1.54, 1.807) is 17.8 Å². The topological polar surface area (TPSA) is 30.2 Å². The monoisotopic (exact) mass is 226 g/mol. The van der Waals surface area contributed by atoms with E-state index in [1.807, 2.05) is 26.8 Å². The molecule has 3 heteroatoms. The Bertz CT molecular complexity index is 311. The summed E-state index contributed by atoms with van der Waals surface area (Å²) in [5, 5.41) is 0.144. The van der Waals surface area contributed by atoms with Gasteiger partial charge >= 0.3 is 0 Å². The van der Waals surface area contributed by atoms with Gasteiger partial charge in [-0.3, -0.25) is 4.79 Å². The summed E-state index contributed by atoms with van der Waals surface area (Å²) < 4.78 is 5.29. The molecule has 2 heterocycles. The fourth-order valence-corrected chi connectivity index (χ4v) is 2.73. The van der Waals surface area contributed by atoms with Gasteiger partial charge in [-0.15, -0.1) is 0 Å². The van der Waals surface area contributed by atoms with E-state index in [1.165, 1.54) is 0 Å². The molecule has 1 atom stereocenters. The predicted octanol–water partition coefficient (Wildman–Crippen LogP) is 3.69. The number of ketones is 1. The van der Waals surface area contributed by atoms with E-state index in [9.17, 15) is 4.79 Å². The van der Waals surface area contributed by atoms with Gasteiger partial charge < -0.3 is 4.42 Å². The lowest BCUT2D eigenvalue weighted by Crippen LogP contribution is -2.12. The molecular weight excluding hydrogens is 208 g/mol. The van der Waals surface area contributed by atoms with Crippen LogP contribution in [-0.2, 0) is 0 Å². The second kappa shape index (κ2) is 6.01. The molecule has 2 rings (SSSR count). The molecule has 1 aromatic heterocycles. The van der Waals surface area contributed by atoms with Crippen molar-refractivity contribution >= 4 is 17.5 Å². The van der Waals surface area contributed by atoms with Gasteiger partial charge in [-0.05, 0) is 37.7 Å². The lowest BCUT2D eigenvalue weighted by molar-refractivity contribution is 0.0960. The van der Waals surface area contributed by atoms with Gasteiger partial charge in [0.15, 0.2) is 5.76 Å². The van der Waals surface area contributed by atoms with Crippen molar-refractivity contribution in [3.63, 3.8) is 0 Å². The smallest absolute Gasteiger partial charge is 0.210 e. The predicted molar refractivity (Wildman–Crippen MR) is 64.6 cm³/mol. The van der Waals surface area contributed by atoms with Gasteiger partial charge in [0.05, 0.1) is 5.25 Å². The maximum Gasteiger partial charge on any atom is 0.210 e. The van der Waals surface area contributed by atoms with E-state index in [4.69, 9.17) is 4.42 Å². The Morgan fingerprint density at radius 1 is 1.47 bits per heavy atom. The summed E-state index contributed by atoms with van der Waals surface area (Å²) in [5.74, 6) is 2.61. The van der Waals surface area contributed by atoms with Gasteiger partial charge in [0.25, 0.3) is 0 Å². The van der Waals surface area contributed by atoms with Crippen LogP contribution in [0.2, 0.25) is 0 Å². The molecule has 1 fully saturated rings. The van der Waals surface area contributed by atoms with E-state index in [-0.39, 0.29) is 11.0 Å². The van der Waals surface area contributed by atoms with Crippen LogP contribution in [-0.4, -0.2) is 16.8 Å². The third-order valence-electron chi connectivity index (χ3n) is 2.21. The number of hydrogen-bond donors (Lipinski definition) is 0. The third-order valence-corrected chi connectivity index (χ3v) is 3.58. The Kier molecular flexibility index (Phi) is 4.95. The quantitative estimate of drug-likeness (QED) is 0.720. The van der Waals surface area contributed by atoms with E-state index >= 15 is 0 Å². The van der Waals surface area contributed by atoms with Crippen LogP contribution in [0.3, 0.4) is 0 Å². The molecule has 0 N–H and O–H groups in total. The molecule has 0 bridgehead atoms. The summed E-state index contributed by atoms with van der Waals surface area (Å²) in [4.78, 5) is 11.7. The highest BCUT2D eigenvalue weighted by Crippen LogP contribution is 2.29. The normalized spacial score (nSPS) is 19.5. The average molecular weight is 226 g/mol. The summed E-state index contributed by atoms with van der Waals surface area (Å²) in [5.41, 5.74) is 0. The summed E-state index contributed by atoms with van der Waals surface area (Å²) in [7, 11) is 0. The van der Waals surface area contributed by atoms with Crippen LogP contribution in [0.1, 0.15) is 43.0 Å². The van der Waals surface area contributed by atoms with E-state index in [0.29, 0.717) is 5.76 Å². The zero-order valence-electron chi connectivity index (χ0n) is 9.58. The molecule has 15 heavy (non-hydrogen) atoms. The molecule has 0 aliphatic carbocycles. The minimum Gasteiger partial charge on any atom is -0.458 e. The van der Waals surface area contributed by atoms with Crippen molar-refractivity contribution < 1.29 is 9.21 Å². The highest BCUT2D eigenvalue weighted by Gasteiger charge is 2.26. The Hall–Kier alpha value is -0.700. The van der Waals surface area contributed by atoms with Gasteiger partial charge in [0, 0.05) is 0 Å². The fraction of sp³-hybridized carbons (Fsp3) is 0.583. The second-order valence-electron chi connectivity index (χ2n) is 3.28. The number of hydrogen-bond acceptors (Lipinski definition) is 3. The largest absolute Gasteiger partial charge is 0.458 e. The average Bonchev–Trinajstić information content (AvgIpc) is 2.90. The molecule has 0 aromatic carbocycles. The van der Waals surface area contributed by atoms with Crippen molar-refractivity contribution in [2.24, 2.45) is 0 Å². The van der Waals surface area contributed by atoms with Crippen molar-refractivity contribution in [3.05, 3.63) is 23.7 Å².